The first-order valence-corrected chi connectivity index (χ1v) is 8.27. The molecule has 8 heteroatoms. The Kier molecular flexibility index (Phi) is 6.22. The summed E-state index contributed by atoms with van der Waals surface area (Å²) in [5.41, 5.74) is 0.571. The summed E-state index contributed by atoms with van der Waals surface area (Å²) in [6.07, 6.45) is 1.23. The van der Waals surface area contributed by atoms with Gasteiger partial charge in [0.25, 0.3) is 0 Å². The van der Waals surface area contributed by atoms with E-state index in [-0.39, 0.29) is 11.3 Å². The lowest BCUT2D eigenvalue weighted by Gasteiger charge is -2.19. The molecule has 0 spiro atoms. The highest BCUT2D eigenvalue weighted by Crippen LogP contribution is 2.36. The van der Waals surface area contributed by atoms with E-state index in [1.165, 1.54) is 12.1 Å². The van der Waals surface area contributed by atoms with Gasteiger partial charge in [0.1, 0.15) is 13.2 Å². The summed E-state index contributed by atoms with van der Waals surface area (Å²) in [4.78, 5) is 21.0. The molecule has 1 heterocycles. The van der Waals surface area contributed by atoms with Crippen molar-refractivity contribution in [1.29, 1.82) is 0 Å². The second kappa shape index (κ2) is 8.16. The normalized spacial score (nSPS) is 11.9. The zero-order chi connectivity index (χ0) is 17.7. The molecule has 6 nitrogen and oxygen atoms in total. The Morgan fingerprint density at radius 2 is 1.46 bits per heavy atom. The molecule has 0 saturated carbocycles. The van der Waals surface area contributed by atoms with E-state index in [0.29, 0.717) is 41.0 Å². The highest BCUT2D eigenvalue weighted by Gasteiger charge is 2.17. The van der Waals surface area contributed by atoms with Crippen LogP contribution < -0.4 is 9.47 Å². The Bertz CT molecular complexity index is 776. The molecule has 0 radical (unpaired) electrons. The molecular formula is C16H12Br2O6. The molecule has 3 rings (SSSR count). The Morgan fingerprint density at radius 3 is 2.08 bits per heavy atom. The van der Waals surface area contributed by atoms with Gasteiger partial charge in [0.15, 0.2) is 35.6 Å². The van der Waals surface area contributed by atoms with Gasteiger partial charge in [0.2, 0.25) is 0 Å². The number of benzene rings is 2. The summed E-state index contributed by atoms with van der Waals surface area (Å²) >= 11 is 6.31. The van der Waals surface area contributed by atoms with Crippen LogP contribution in [-0.2, 0) is 0 Å². The van der Waals surface area contributed by atoms with Gasteiger partial charge in [0.05, 0.1) is 11.1 Å². The third kappa shape index (κ3) is 3.88. The largest absolute Gasteiger partial charge is 0.504 e. The Morgan fingerprint density at radius 1 is 0.875 bits per heavy atom. The van der Waals surface area contributed by atoms with Crippen LogP contribution in [0.3, 0.4) is 0 Å². The van der Waals surface area contributed by atoms with E-state index in [1.807, 2.05) is 0 Å². The van der Waals surface area contributed by atoms with Crippen LogP contribution in [0.5, 0.6) is 23.0 Å². The van der Waals surface area contributed by atoms with Crippen molar-refractivity contribution in [3.63, 3.8) is 0 Å². The zero-order valence-corrected chi connectivity index (χ0v) is 15.3. The van der Waals surface area contributed by atoms with Crippen molar-refractivity contribution in [2.45, 2.75) is 0 Å². The number of phenolic OH excluding ortho intramolecular Hbond substituents is 2. The van der Waals surface area contributed by atoms with E-state index < -0.39 is 5.75 Å². The molecule has 2 N–H and O–H groups in total. The molecule has 2 aromatic rings. The number of carbonyl (C=O) groups excluding carboxylic acids is 2. The van der Waals surface area contributed by atoms with Gasteiger partial charge in [-0.1, -0.05) is 0 Å². The van der Waals surface area contributed by atoms with Gasteiger partial charge < -0.3 is 19.7 Å². The first kappa shape index (κ1) is 18.3. The van der Waals surface area contributed by atoms with Gasteiger partial charge in [-0.15, -0.1) is 0 Å². The summed E-state index contributed by atoms with van der Waals surface area (Å²) < 4.78 is 11.8. The lowest BCUT2D eigenvalue weighted by atomic mass is 10.2. The van der Waals surface area contributed by atoms with E-state index in [4.69, 9.17) is 19.7 Å². The maximum atomic E-state index is 10.7. The predicted molar refractivity (Wildman–Crippen MR) is 93.4 cm³/mol. The number of halogens is 2. The van der Waals surface area contributed by atoms with Gasteiger partial charge in [-0.2, -0.15) is 0 Å². The number of fused-ring (bicyclic) bond motifs is 1. The van der Waals surface area contributed by atoms with Crippen LogP contribution in [0.4, 0.5) is 0 Å². The van der Waals surface area contributed by atoms with E-state index in [1.54, 1.807) is 12.1 Å². The van der Waals surface area contributed by atoms with Crippen molar-refractivity contribution >= 4 is 44.4 Å². The predicted octanol–water partition coefficient (Wildman–Crippen LogP) is 3.71. The minimum atomic E-state index is -0.394. The lowest BCUT2D eigenvalue weighted by molar-refractivity contribution is 0.110. The van der Waals surface area contributed by atoms with Gasteiger partial charge in [0, 0.05) is 8.95 Å². The number of carbonyl (C=O) groups is 2. The fraction of sp³-hybridized carbons (Fsp3) is 0.125. The quantitative estimate of drug-likeness (QED) is 0.525. The third-order valence-corrected chi connectivity index (χ3v) is 4.46. The van der Waals surface area contributed by atoms with Crippen LogP contribution >= 0.6 is 31.9 Å². The first-order valence-electron chi connectivity index (χ1n) is 6.68. The van der Waals surface area contributed by atoms with Gasteiger partial charge in [-0.3, -0.25) is 9.59 Å². The van der Waals surface area contributed by atoms with Crippen molar-refractivity contribution in [3.05, 3.63) is 44.3 Å². The fourth-order valence-electron chi connectivity index (χ4n) is 1.91. The van der Waals surface area contributed by atoms with Crippen LogP contribution in [0, 0.1) is 0 Å². The molecular weight excluding hydrogens is 448 g/mol. The molecule has 126 valence electrons. The molecule has 1 aliphatic rings. The summed E-state index contributed by atoms with van der Waals surface area (Å²) in [6, 6.07) is 6.34. The van der Waals surface area contributed by atoms with Crippen LogP contribution in [-0.4, -0.2) is 36.0 Å². The number of phenols is 2. The van der Waals surface area contributed by atoms with Crippen molar-refractivity contribution in [3.8, 4) is 23.0 Å². The van der Waals surface area contributed by atoms with Crippen molar-refractivity contribution < 1.29 is 29.3 Å². The third-order valence-electron chi connectivity index (χ3n) is 3.07. The summed E-state index contributed by atoms with van der Waals surface area (Å²) in [5, 5.41) is 18.0. The van der Waals surface area contributed by atoms with Crippen LogP contribution in [0.1, 0.15) is 20.7 Å². The highest BCUT2D eigenvalue weighted by molar-refractivity contribution is 9.10. The number of hydrogen-bond donors (Lipinski definition) is 2. The van der Waals surface area contributed by atoms with E-state index >= 15 is 0 Å². The SMILES string of the molecule is O=Cc1c(Br)ccc(O)c1O.O=Cc1c(Br)ccc2c1OCCO2. The molecule has 0 atom stereocenters. The Balaban J connectivity index is 0.000000177. The standard InChI is InChI=1S/C9H7BrO3.C7H5BrO3/c10-7-1-2-8-9(6(7)5-11)13-4-3-12-8;8-5-1-2-6(10)7(11)4(5)3-9/h1-2,5H,3-4H2;1-3,10-11H. The topological polar surface area (TPSA) is 93.1 Å². The number of ether oxygens (including phenoxy) is 2. The minimum Gasteiger partial charge on any atom is -0.504 e. The number of aldehydes is 2. The maximum absolute atomic E-state index is 10.7. The molecule has 0 bridgehead atoms. The molecule has 0 fully saturated rings. The Hall–Kier alpha value is -2.06. The first-order chi connectivity index (χ1) is 11.5. The second-order valence-corrected chi connectivity index (χ2v) is 6.26. The van der Waals surface area contributed by atoms with Crippen LogP contribution in [0.15, 0.2) is 33.2 Å². The monoisotopic (exact) mass is 458 g/mol. The van der Waals surface area contributed by atoms with Crippen LogP contribution in [0.25, 0.3) is 0 Å². The molecule has 0 unspecified atom stereocenters. The second-order valence-electron chi connectivity index (χ2n) is 4.55. The summed E-state index contributed by atoms with van der Waals surface area (Å²) in [5.74, 6) is 0.483. The smallest absolute Gasteiger partial charge is 0.172 e. The van der Waals surface area contributed by atoms with Gasteiger partial charge >= 0.3 is 0 Å². The summed E-state index contributed by atoms with van der Waals surface area (Å²) in [7, 11) is 0. The maximum Gasteiger partial charge on any atom is 0.172 e. The average Bonchev–Trinajstić information content (AvgIpc) is 2.59. The summed E-state index contributed by atoms with van der Waals surface area (Å²) in [6.45, 7) is 1.03. The van der Waals surface area contributed by atoms with Crippen LogP contribution in [0.2, 0.25) is 0 Å². The average molecular weight is 460 g/mol. The van der Waals surface area contributed by atoms with E-state index in [2.05, 4.69) is 31.9 Å². The highest BCUT2D eigenvalue weighted by atomic mass is 79.9. The molecule has 1 aliphatic heterocycles. The molecule has 0 amide bonds. The number of aromatic hydroxyl groups is 2. The zero-order valence-electron chi connectivity index (χ0n) is 12.2. The lowest BCUT2D eigenvalue weighted by Crippen LogP contribution is -2.16. The molecule has 24 heavy (non-hydrogen) atoms. The number of hydrogen-bond acceptors (Lipinski definition) is 6. The number of rotatable bonds is 2. The Labute approximate surface area is 154 Å². The molecule has 2 aromatic carbocycles. The minimum absolute atomic E-state index is 0.0602. The van der Waals surface area contributed by atoms with Crippen molar-refractivity contribution in [1.82, 2.24) is 0 Å². The fourth-order valence-corrected chi connectivity index (χ4v) is 2.73. The molecule has 0 saturated heterocycles. The van der Waals surface area contributed by atoms with E-state index in [9.17, 15) is 9.59 Å². The molecule has 0 aliphatic carbocycles. The van der Waals surface area contributed by atoms with Gasteiger partial charge in [-0.25, -0.2) is 0 Å². The van der Waals surface area contributed by atoms with Crippen molar-refractivity contribution in [2.24, 2.45) is 0 Å². The van der Waals surface area contributed by atoms with Crippen molar-refractivity contribution in [2.75, 3.05) is 13.2 Å². The molecule has 0 aromatic heterocycles. The van der Waals surface area contributed by atoms with E-state index in [0.717, 1.165) is 10.8 Å². The van der Waals surface area contributed by atoms with Gasteiger partial charge in [-0.05, 0) is 56.1 Å².